The number of likely N-dealkylation sites (tertiary alicyclic amines) is 1. The second kappa shape index (κ2) is 11.5. The van der Waals surface area contributed by atoms with Crippen molar-refractivity contribution in [3.63, 3.8) is 0 Å². The van der Waals surface area contributed by atoms with Crippen LogP contribution in [-0.2, 0) is 16.1 Å². The molecule has 9 nitrogen and oxygen atoms in total. The van der Waals surface area contributed by atoms with E-state index < -0.39 is 17.7 Å². The van der Waals surface area contributed by atoms with E-state index >= 15 is 0 Å². The maximum Gasteiger partial charge on any atom is 0.295 e. The largest absolute Gasteiger partial charge is 0.507 e. The molecule has 0 unspecified atom stereocenters. The fraction of sp³-hybridized carbons (Fsp3) is 0.300. The van der Waals surface area contributed by atoms with Crippen molar-refractivity contribution >= 4 is 17.4 Å². The van der Waals surface area contributed by atoms with Crippen LogP contribution in [-0.4, -0.2) is 53.6 Å². The van der Waals surface area contributed by atoms with Gasteiger partial charge in [-0.25, -0.2) is 0 Å². The second-order valence-corrected chi connectivity index (χ2v) is 9.26. The monoisotopic (exact) mass is 530 g/mol. The molecule has 2 aliphatic rings. The summed E-state index contributed by atoms with van der Waals surface area (Å²) in [6, 6.07) is 12.9. The smallest absolute Gasteiger partial charge is 0.295 e. The highest BCUT2D eigenvalue weighted by Gasteiger charge is 2.46. The predicted octanol–water partition coefficient (Wildman–Crippen LogP) is 4.66. The van der Waals surface area contributed by atoms with Gasteiger partial charge < -0.3 is 29.0 Å². The lowest BCUT2D eigenvalue weighted by molar-refractivity contribution is -0.140. The molecular formula is C30H30N2O7. The lowest BCUT2D eigenvalue weighted by atomic mass is 9.94. The summed E-state index contributed by atoms with van der Waals surface area (Å²) in [4.78, 5) is 32.4. The zero-order valence-corrected chi connectivity index (χ0v) is 21.9. The van der Waals surface area contributed by atoms with E-state index in [4.69, 9.17) is 18.9 Å². The van der Waals surface area contributed by atoms with Crippen LogP contribution in [0.25, 0.3) is 5.76 Å². The Kier molecular flexibility index (Phi) is 7.67. The van der Waals surface area contributed by atoms with E-state index in [1.807, 2.05) is 6.07 Å². The van der Waals surface area contributed by atoms with Crippen LogP contribution >= 0.6 is 0 Å². The summed E-state index contributed by atoms with van der Waals surface area (Å²) in [5.41, 5.74) is 1.66. The molecule has 1 amide bonds. The molecule has 1 atom stereocenters. The number of nitrogens with zero attached hydrogens (tertiary/aromatic N) is 2. The van der Waals surface area contributed by atoms with Gasteiger partial charge in [0.05, 0.1) is 25.3 Å². The van der Waals surface area contributed by atoms with Crippen LogP contribution in [0.4, 0.5) is 0 Å². The molecule has 1 saturated heterocycles. The third-order valence-corrected chi connectivity index (χ3v) is 6.69. The maximum absolute atomic E-state index is 13.5. The number of aromatic nitrogens is 1. The van der Waals surface area contributed by atoms with E-state index in [2.05, 4.69) is 11.9 Å². The standard InChI is InChI=1S/C30H30N2O7/c1-3-4-12-37-22-9-7-20(15-24(22)36-2)27-26(28(33)21-8-10-23-25(16-21)39-14-13-38-23)29(34)30(35)32(27)18-19-6-5-11-31-17-19/h5-11,15-17,27,33H,3-4,12-14,18H2,1-2H3/t27-/m1/s1. The van der Waals surface area contributed by atoms with Gasteiger partial charge in [-0.2, -0.15) is 0 Å². The fourth-order valence-corrected chi connectivity index (χ4v) is 4.72. The molecule has 2 aliphatic heterocycles. The molecule has 0 saturated carbocycles. The summed E-state index contributed by atoms with van der Waals surface area (Å²) in [7, 11) is 1.54. The first-order valence-corrected chi connectivity index (χ1v) is 12.9. The van der Waals surface area contributed by atoms with Crippen molar-refractivity contribution in [2.24, 2.45) is 0 Å². The van der Waals surface area contributed by atoms with Crippen LogP contribution in [0.1, 0.15) is 42.5 Å². The minimum atomic E-state index is -0.878. The quantitative estimate of drug-likeness (QED) is 0.184. The first kappa shape index (κ1) is 26.1. The van der Waals surface area contributed by atoms with Gasteiger partial charge in [0, 0.05) is 24.5 Å². The number of unbranched alkanes of at least 4 members (excludes halogenated alkanes) is 1. The minimum absolute atomic E-state index is 0.0257. The molecule has 2 aromatic carbocycles. The highest BCUT2D eigenvalue weighted by atomic mass is 16.6. The van der Waals surface area contributed by atoms with E-state index in [-0.39, 0.29) is 17.9 Å². The highest BCUT2D eigenvalue weighted by Crippen LogP contribution is 2.43. The molecule has 1 aromatic heterocycles. The maximum atomic E-state index is 13.5. The SMILES string of the molecule is CCCCOc1ccc([C@@H]2C(=C(O)c3ccc4c(c3)OCCO4)C(=O)C(=O)N2Cc2cccnc2)cc1OC. The van der Waals surface area contributed by atoms with Gasteiger partial charge in [0.1, 0.15) is 19.0 Å². The number of carbonyl (C=O) groups excluding carboxylic acids is 2. The number of benzene rings is 2. The first-order chi connectivity index (χ1) is 19.0. The molecule has 39 heavy (non-hydrogen) atoms. The van der Waals surface area contributed by atoms with E-state index in [9.17, 15) is 14.7 Å². The van der Waals surface area contributed by atoms with Gasteiger partial charge in [0.15, 0.2) is 23.0 Å². The Bertz CT molecular complexity index is 1400. The van der Waals surface area contributed by atoms with Crippen molar-refractivity contribution in [3.8, 4) is 23.0 Å². The van der Waals surface area contributed by atoms with Crippen LogP contribution in [0.5, 0.6) is 23.0 Å². The van der Waals surface area contributed by atoms with Crippen molar-refractivity contribution in [1.82, 2.24) is 9.88 Å². The molecule has 0 aliphatic carbocycles. The van der Waals surface area contributed by atoms with Crippen LogP contribution in [0, 0.1) is 0 Å². The number of hydrogen-bond acceptors (Lipinski definition) is 8. The number of aliphatic hydroxyl groups excluding tert-OH is 1. The molecule has 5 rings (SSSR count). The Balaban J connectivity index is 1.61. The number of amides is 1. The molecule has 0 bridgehead atoms. The molecule has 1 fully saturated rings. The van der Waals surface area contributed by atoms with Gasteiger partial charge >= 0.3 is 0 Å². The average molecular weight is 531 g/mol. The van der Waals surface area contributed by atoms with Crippen molar-refractivity contribution in [1.29, 1.82) is 0 Å². The molecule has 1 N–H and O–H groups in total. The summed E-state index contributed by atoms with van der Waals surface area (Å²) in [5.74, 6) is 0.243. The van der Waals surface area contributed by atoms with Gasteiger partial charge in [0.25, 0.3) is 11.7 Å². The zero-order valence-electron chi connectivity index (χ0n) is 21.9. The zero-order chi connectivity index (χ0) is 27.4. The van der Waals surface area contributed by atoms with E-state index in [0.29, 0.717) is 53.9 Å². The molecule has 0 radical (unpaired) electrons. The van der Waals surface area contributed by atoms with E-state index in [0.717, 1.165) is 18.4 Å². The van der Waals surface area contributed by atoms with E-state index in [1.54, 1.807) is 54.9 Å². The second-order valence-electron chi connectivity index (χ2n) is 9.26. The summed E-state index contributed by atoms with van der Waals surface area (Å²) < 4.78 is 22.7. The van der Waals surface area contributed by atoms with Gasteiger partial charge in [-0.3, -0.25) is 14.6 Å². The Morgan fingerprint density at radius 2 is 1.90 bits per heavy atom. The molecule has 0 spiro atoms. The van der Waals surface area contributed by atoms with Gasteiger partial charge in [-0.1, -0.05) is 25.5 Å². The Hall–Kier alpha value is -4.53. The lowest BCUT2D eigenvalue weighted by Gasteiger charge is -2.26. The first-order valence-electron chi connectivity index (χ1n) is 12.9. The fourth-order valence-electron chi connectivity index (χ4n) is 4.72. The summed E-state index contributed by atoms with van der Waals surface area (Å²) >= 11 is 0. The molecule has 3 aromatic rings. The topological polar surface area (TPSA) is 107 Å². The normalized spacial score (nSPS) is 17.8. The van der Waals surface area contributed by atoms with Gasteiger partial charge in [-0.05, 0) is 53.9 Å². The average Bonchev–Trinajstić information content (AvgIpc) is 3.22. The van der Waals surface area contributed by atoms with Gasteiger partial charge in [0.2, 0.25) is 0 Å². The third-order valence-electron chi connectivity index (χ3n) is 6.69. The Morgan fingerprint density at radius 1 is 1.08 bits per heavy atom. The molecule has 9 heteroatoms. The van der Waals surface area contributed by atoms with Crippen LogP contribution in [0.15, 0.2) is 66.5 Å². The summed E-state index contributed by atoms with van der Waals surface area (Å²) in [6.07, 6.45) is 5.16. The number of ether oxygens (including phenoxy) is 4. The van der Waals surface area contributed by atoms with Gasteiger partial charge in [-0.15, -0.1) is 0 Å². The van der Waals surface area contributed by atoms with Crippen molar-refractivity contribution < 1.29 is 33.6 Å². The molecular weight excluding hydrogens is 500 g/mol. The number of hydrogen-bond donors (Lipinski definition) is 1. The number of Topliss-reactive ketones (excluding diaryl/α,β-unsaturated/α-hetero) is 1. The summed E-state index contributed by atoms with van der Waals surface area (Å²) in [5, 5.41) is 11.5. The number of carbonyl (C=O) groups is 2. The Morgan fingerprint density at radius 3 is 2.64 bits per heavy atom. The molecule has 202 valence electrons. The van der Waals surface area contributed by atoms with Crippen molar-refractivity contribution in [2.75, 3.05) is 26.9 Å². The summed E-state index contributed by atoms with van der Waals surface area (Å²) in [6.45, 7) is 3.54. The van der Waals surface area contributed by atoms with Crippen molar-refractivity contribution in [3.05, 3.63) is 83.2 Å². The van der Waals surface area contributed by atoms with E-state index in [1.165, 1.54) is 12.0 Å². The number of methoxy groups -OCH3 is 1. The number of rotatable bonds is 9. The number of ketones is 1. The minimum Gasteiger partial charge on any atom is -0.507 e. The van der Waals surface area contributed by atoms with Crippen LogP contribution in [0.3, 0.4) is 0 Å². The number of fused-ring (bicyclic) bond motifs is 1. The van der Waals surface area contributed by atoms with Crippen LogP contribution < -0.4 is 18.9 Å². The van der Waals surface area contributed by atoms with Crippen molar-refractivity contribution in [2.45, 2.75) is 32.4 Å². The number of aliphatic hydroxyl groups is 1. The van der Waals surface area contributed by atoms with Crippen LogP contribution in [0.2, 0.25) is 0 Å². The highest BCUT2D eigenvalue weighted by molar-refractivity contribution is 6.46. The third kappa shape index (κ3) is 5.25. The molecule has 3 heterocycles. The predicted molar refractivity (Wildman–Crippen MR) is 143 cm³/mol. The number of pyridine rings is 1. The lowest BCUT2D eigenvalue weighted by Crippen LogP contribution is -2.29. The Labute approximate surface area is 226 Å².